The van der Waals surface area contributed by atoms with Gasteiger partial charge in [-0.15, -0.1) is 0 Å². The van der Waals surface area contributed by atoms with Gasteiger partial charge in [-0.2, -0.15) is 0 Å². The summed E-state index contributed by atoms with van der Waals surface area (Å²) in [4.78, 5) is 4.08. The molecule has 0 bridgehead atoms. The van der Waals surface area contributed by atoms with E-state index in [0.29, 0.717) is 12.2 Å². The highest BCUT2D eigenvalue weighted by Crippen LogP contribution is 2.04. The second-order valence-electron chi connectivity index (χ2n) is 3.52. The van der Waals surface area contributed by atoms with E-state index in [9.17, 15) is 0 Å². The smallest absolute Gasteiger partial charge is 0.189 e. The number of rotatable bonds is 7. The lowest BCUT2D eigenvalue weighted by atomic mass is 10.2. The van der Waals surface area contributed by atoms with Gasteiger partial charge in [0.2, 0.25) is 0 Å². The number of methoxy groups -OCH3 is 1. The van der Waals surface area contributed by atoms with Crippen LogP contribution in [-0.2, 0) is 11.3 Å². The number of ether oxygens (including phenoxy) is 1. The van der Waals surface area contributed by atoms with Gasteiger partial charge in [0, 0.05) is 26.5 Å². The molecule has 1 rings (SSSR count). The summed E-state index contributed by atoms with van der Waals surface area (Å²) < 4.78 is 4.95. The van der Waals surface area contributed by atoms with Crippen molar-refractivity contribution in [3.05, 3.63) is 29.6 Å². The molecular formula is C11H18N4O2. The predicted molar refractivity (Wildman–Crippen MR) is 64.9 cm³/mol. The molecule has 0 amide bonds. The van der Waals surface area contributed by atoms with Gasteiger partial charge in [0.05, 0.1) is 0 Å². The van der Waals surface area contributed by atoms with Gasteiger partial charge in [0.1, 0.15) is 5.69 Å². The summed E-state index contributed by atoms with van der Waals surface area (Å²) in [5.41, 5.74) is 6.95. The fraction of sp³-hybridized carbons (Fsp3) is 0.455. The van der Waals surface area contributed by atoms with Crippen molar-refractivity contribution >= 4 is 5.84 Å². The molecule has 0 aromatic carbocycles. The maximum atomic E-state index is 8.64. The normalized spacial score (nSPS) is 11.7. The molecule has 0 saturated carbocycles. The highest BCUT2D eigenvalue weighted by atomic mass is 16.5. The standard InChI is InChI=1S/C11H18N4O2/c1-17-7-3-5-13-8-9-4-2-6-14-10(9)11(12)15-16/h2,4,6,13,16H,3,5,7-8H2,1H3,(H2,12,15). The maximum Gasteiger partial charge on any atom is 0.189 e. The summed E-state index contributed by atoms with van der Waals surface area (Å²) in [5.74, 6) is 0.0271. The number of nitrogens with two attached hydrogens (primary N) is 1. The fourth-order valence-corrected chi connectivity index (χ4v) is 1.42. The number of hydrogen-bond acceptors (Lipinski definition) is 5. The first-order valence-corrected chi connectivity index (χ1v) is 5.41. The lowest BCUT2D eigenvalue weighted by molar-refractivity contribution is 0.194. The van der Waals surface area contributed by atoms with E-state index >= 15 is 0 Å². The van der Waals surface area contributed by atoms with Gasteiger partial charge in [-0.25, -0.2) is 0 Å². The Kier molecular flexibility index (Phi) is 5.98. The lowest BCUT2D eigenvalue weighted by Gasteiger charge is -2.08. The quantitative estimate of drug-likeness (QED) is 0.209. The molecule has 6 heteroatoms. The van der Waals surface area contributed by atoms with Crippen molar-refractivity contribution < 1.29 is 9.94 Å². The van der Waals surface area contributed by atoms with Crippen molar-refractivity contribution in [2.45, 2.75) is 13.0 Å². The number of aromatic nitrogens is 1. The summed E-state index contributed by atoms with van der Waals surface area (Å²) in [7, 11) is 1.68. The van der Waals surface area contributed by atoms with Crippen LogP contribution in [0.4, 0.5) is 0 Å². The summed E-state index contributed by atoms with van der Waals surface area (Å²) in [6.45, 7) is 2.20. The number of nitrogens with zero attached hydrogens (tertiary/aromatic N) is 2. The third kappa shape index (κ3) is 4.38. The van der Waals surface area contributed by atoms with E-state index in [-0.39, 0.29) is 5.84 Å². The van der Waals surface area contributed by atoms with Crippen molar-refractivity contribution in [3.8, 4) is 0 Å². The lowest BCUT2D eigenvalue weighted by Crippen LogP contribution is -2.22. The minimum absolute atomic E-state index is 0.0271. The third-order valence-electron chi connectivity index (χ3n) is 2.26. The Morgan fingerprint density at radius 1 is 1.65 bits per heavy atom. The highest BCUT2D eigenvalue weighted by Gasteiger charge is 2.07. The Morgan fingerprint density at radius 3 is 3.18 bits per heavy atom. The van der Waals surface area contributed by atoms with E-state index in [1.54, 1.807) is 13.3 Å². The molecule has 0 aliphatic heterocycles. The number of pyridine rings is 1. The first kappa shape index (κ1) is 13.4. The molecule has 1 aromatic heterocycles. The topological polar surface area (TPSA) is 92.8 Å². The Labute approximate surface area is 100 Å². The van der Waals surface area contributed by atoms with Crippen LogP contribution in [0.5, 0.6) is 0 Å². The van der Waals surface area contributed by atoms with Crippen molar-refractivity contribution in [2.24, 2.45) is 10.9 Å². The Balaban J connectivity index is 2.53. The average molecular weight is 238 g/mol. The second kappa shape index (κ2) is 7.59. The molecule has 0 unspecified atom stereocenters. The van der Waals surface area contributed by atoms with Gasteiger partial charge >= 0.3 is 0 Å². The van der Waals surface area contributed by atoms with E-state index in [4.69, 9.17) is 15.7 Å². The number of oxime groups is 1. The first-order valence-electron chi connectivity index (χ1n) is 5.41. The minimum atomic E-state index is 0.0271. The summed E-state index contributed by atoms with van der Waals surface area (Å²) >= 11 is 0. The Bertz CT molecular complexity index is 368. The van der Waals surface area contributed by atoms with Crippen LogP contribution in [0.25, 0.3) is 0 Å². The van der Waals surface area contributed by atoms with Crippen LogP contribution in [0.1, 0.15) is 17.7 Å². The summed E-state index contributed by atoms with van der Waals surface area (Å²) in [6.07, 6.45) is 2.55. The molecular weight excluding hydrogens is 220 g/mol. The van der Waals surface area contributed by atoms with Gasteiger partial charge in [0.25, 0.3) is 0 Å². The molecule has 0 fully saturated rings. The summed E-state index contributed by atoms with van der Waals surface area (Å²) in [5, 5.41) is 14.8. The molecule has 0 aliphatic carbocycles. The average Bonchev–Trinajstić information content (AvgIpc) is 2.38. The maximum absolute atomic E-state index is 8.64. The minimum Gasteiger partial charge on any atom is -0.409 e. The number of amidine groups is 1. The molecule has 4 N–H and O–H groups in total. The van der Waals surface area contributed by atoms with Crippen molar-refractivity contribution in [3.63, 3.8) is 0 Å². The van der Waals surface area contributed by atoms with E-state index < -0.39 is 0 Å². The molecule has 0 saturated heterocycles. The molecule has 0 aliphatic rings. The highest BCUT2D eigenvalue weighted by molar-refractivity contribution is 5.96. The van der Waals surface area contributed by atoms with E-state index in [0.717, 1.165) is 25.1 Å². The van der Waals surface area contributed by atoms with Gasteiger partial charge in [0.15, 0.2) is 5.84 Å². The van der Waals surface area contributed by atoms with E-state index in [1.807, 2.05) is 12.1 Å². The molecule has 1 heterocycles. The van der Waals surface area contributed by atoms with E-state index in [1.165, 1.54) is 0 Å². The largest absolute Gasteiger partial charge is 0.409 e. The molecule has 0 spiro atoms. The summed E-state index contributed by atoms with van der Waals surface area (Å²) in [6, 6.07) is 3.71. The van der Waals surface area contributed by atoms with Crippen molar-refractivity contribution in [2.75, 3.05) is 20.3 Å². The predicted octanol–water partition coefficient (Wildman–Crippen LogP) is 0.302. The molecule has 0 radical (unpaired) electrons. The van der Waals surface area contributed by atoms with Crippen LogP contribution < -0.4 is 11.1 Å². The SMILES string of the molecule is COCCCNCc1cccnc1C(N)=NO. The van der Waals surface area contributed by atoms with Crippen LogP contribution in [0.3, 0.4) is 0 Å². The molecule has 0 atom stereocenters. The van der Waals surface area contributed by atoms with Crippen LogP contribution >= 0.6 is 0 Å². The van der Waals surface area contributed by atoms with Crippen molar-refractivity contribution in [1.82, 2.24) is 10.3 Å². The second-order valence-corrected chi connectivity index (χ2v) is 3.52. The third-order valence-corrected chi connectivity index (χ3v) is 2.26. The van der Waals surface area contributed by atoms with Crippen LogP contribution in [-0.4, -0.2) is 36.3 Å². The molecule has 94 valence electrons. The molecule has 17 heavy (non-hydrogen) atoms. The Hall–Kier alpha value is -1.66. The van der Waals surface area contributed by atoms with Crippen LogP contribution in [0.15, 0.2) is 23.5 Å². The van der Waals surface area contributed by atoms with Crippen molar-refractivity contribution in [1.29, 1.82) is 0 Å². The van der Waals surface area contributed by atoms with Gasteiger partial charge in [-0.05, 0) is 24.6 Å². The van der Waals surface area contributed by atoms with Gasteiger partial charge in [-0.3, -0.25) is 4.98 Å². The zero-order chi connectivity index (χ0) is 12.5. The zero-order valence-electron chi connectivity index (χ0n) is 9.89. The zero-order valence-corrected chi connectivity index (χ0v) is 9.89. The van der Waals surface area contributed by atoms with Crippen LogP contribution in [0.2, 0.25) is 0 Å². The van der Waals surface area contributed by atoms with Gasteiger partial charge in [-0.1, -0.05) is 11.2 Å². The monoisotopic (exact) mass is 238 g/mol. The Morgan fingerprint density at radius 2 is 2.47 bits per heavy atom. The first-order chi connectivity index (χ1) is 8.29. The van der Waals surface area contributed by atoms with Crippen LogP contribution in [0, 0.1) is 0 Å². The number of nitrogens with one attached hydrogen (secondary N) is 1. The molecule has 1 aromatic rings. The van der Waals surface area contributed by atoms with Gasteiger partial charge < -0.3 is 21.0 Å². The van der Waals surface area contributed by atoms with E-state index in [2.05, 4.69) is 15.5 Å². The fourth-order valence-electron chi connectivity index (χ4n) is 1.42. The molecule has 6 nitrogen and oxygen atoms in total. The number of hydrogen-bond donors (Lipinski definition) is 3.